The highest BCUT2D eigenvalue weighted by molar-refractivity contribution is 8.00. The van der Waals surface area contributed by atoms with Crippen molar-refractivity contribution in [1.29, 1.82) is 0 Å². The Morgan fingerprint density at radius 2 is 1.36 bits per heavy atom. The quantitative estimate of drug-likeness (QED) is 0.555. The fraction of sp³-hybridized carbons (Fsp3) is 0.174. The number of hydrogen-bond acceptors (Lipinski definition) is 1. The number of rotatable bonds is 5. The zero-order valence-corrected chi connectivity index (χ0v) is 15.8. The molecule has 2 heteroatoms. The average Bonchev–Trinajstić information content (AvgIpc) is 2.94. The SMILES string of the molecule is C1=CC=CC([S+](c2ccccc2)c2ccccc2)=CC=1.CCNCC. The van der Waals surface area contributed by atoms with Crippen molar-refractivity contribution in [1.82, 2.24) is 5.32 Å². The molecule has 3 rings (SSSR count). The molecule has 0 aromatic heterocycles. The lowest BCUT2D eigenvalue weighted by Crippen LogP contribution is -2.09. The number of allylic oxidation sites excluding steroid dienone is 4. The monoisotopic (exact) mass is 348 g/mol. The van der Waals surface area contributed by atoms with Crippen LogP contribution in [0.1, 0.15) is 13.8 Å². The summed E-state index contributed by atoms with van der Waals surface area (Å²) in [6, 6.07) is 21.4. The second-order valence-corrected chi connectivity index (χ2v) is 7.34. The molecule has 128 valence electrons. The summed E-state index contributed by atoms with van der Waals surface area (Å²) in [6.45, 7) is 6.39. The molecule has 1 aliphatic carbocycles. The molecule has 2 aromatic carbocycles. The second kappa shape index (κ2) is 11.3. The van der Waals surface area contributed by atoms with Crippen LogP contribution in [0, 0.1) is 0 Å². The molecule has 0 spiro atoms. The molecule has 1 N–H and O–H groups in total. The summed E-state index contributed by atoms with van der Waals surface area (Å²) in [5, 5.41) is 3.11. The Labute approximate surface area is 154 Å². The zero-order valence-electron chi connectivity index (χ0n) is 15.0. The molecular formula is C23H26NS+. The van der Waals surface area contributed by atoms with Gasteiger partial charge in [0, 0.05) is 6.08 Å². The summed E-state index contributed by atoms with van der Waals surface area (Å²) in [5.41, 5.74) is 3.13. The van der Waals surface area contributed by atoms with Crippen LogP contribution >= 0.6 is 0 Å². The van der Waals surface area contributed by atoms with E-state index >= 15 is 0 Å². The van der Waals surface area contributed by atoms with E-state index in [-0.39, 0.29) is 10.9 Å². The molecule has 0 heterocycles. The lowest BCUT2D eigenvalue weighted by atomic mass is 10.4. The Balaban J connectivity index is 0.000000399. The maximum atomic E-state index is 3.13. The van der Waals surface area contributed by atoms with Gasteiger partial charge in [0.25, 0.3) is 0 Å². The van der Waals surface area contributed by atoms with Gasteiger partial charge in [-0.15, -0.1) is 5.73 Å². The minimum absolute atomic E-state index is 0.0657. The summed E-state index contributed by atoms with van der Waals surface area (Å²) in [7, 11) is -0.0657. The predicted octanol–water partition coefficient (Wildman–Crippen LogP) is 5.50. The van der Waals surface area contributed by atoms with Crippen LogP contribution in [-0.2, 0) is 10.9 Å². The summed E-state index contributed by atoms with van der Waals surface area (Å²) in [6.07, 6.45) is 10.3. The molecule has 2 aromatic rings. The number of benzene rings is 2. The van der Waals surface area contributed by atoms with E-state index < -0.39 is 0 Å². The summed E-state index contributed by atoms with van der Waals surface area (Å²) in [5.74, 6) is 0. The highest BCUT2D eigenvalue weighted by Gasteiger charge is 2.28. The largest absolute Gasteiger partial charge is 0.317 e. The van der Waals surface area contributed by atoms with E-state index in [2.05, 4.69) is 104 Å². The molecule has 0 bridgehead atoms. The van der Waals surface area contributed by atoms with Gasteiger partial charge >= 0.3 is 0 Å². The molecule has 0 aliphatic heterocycles. The van der Waals surface area contributed by atoms with Gasteiger partial charge in [0.05, 0.1) is 10.9 Å². The van der Waals surface area contributed by atoms with E-state index in [0.717, 1.165) is 13.1 Å². The van der Waals surface area contributed by atoms with E-state index in [1.165, 1.54) is 14.7 Å². The van der Waals surface area contributed by atoms with E-state index in [1.54, 1.807) is 0 Å². The fourth-order valence-electron chi connectivity index (χ4n) is 2.35. The van der Waals surface area contributed by atoms with Gasteiger partial charge in [-0.3, -0.25) is 0 Å². The minimum Gasteiger partial charge on any atom is -0.317 e. The van der Waals surface area contributed by atoms with Crippen molar-refractivity contribution in [2.24, 2.45) is 0 Å². The van der Waals surface area contributed by atoms with Crippen molar-refractivity contribution < 1.29 is 0 Å². The van der Waals surface area contributed by atoms with E-state index in [9.17, 15) is 0 Å². The normalized spacial score (nSPS) is 12.4. The van der Waals surface area contributed by atoms with E-state index in [4.69, 9.17) is 0 Å². The van der Waals surface area contributed by atoms with Gasteiger partial charge in [-0.2, -0.15) is 0 Å². The third kappa shape index (κ3) is 6.28. The van der Waals surface area contributed by atoms with Crippen molar-refractivity contribution >= 4 is 10.9 Å². The smallest absolute Gasteiger partial charge is 0.167 e. The molecule has 0 saturated heterocycles. The highest BCUT2D eigenvalue weighted by Crippen LogP contribution is 2.31. The van der Waals surface area contributed by atoms with E-state index in [1.807, 2.05) is 12.2 Å². The zero-order chi connectivity index (χ0) is 17.7. The topological polar surface area (TPSA) is 12.0 Å². The minimum atomic E-state index is -0.0657. The third-order valence-electron chi connectivity index (χ3n) is 3.49. The predicted molar refractivity (Wildman–Crippen MR) is 111 cm³/mol. The first-order chi connectivity index (χ1) is 12.4. The van der Waals surface area contributed by atoms with Crippen molar-refractivity contribution in [2.45, 2.75) is 23.6 Å². The summed E-state index contributed by atoms with van der Waals surface area (Å²) < 4.78 is 0. The van der Waals surface area contributed by atoms with E-state index in [0.29, 0.717) is 0 Å². The molecule has 1 aliphatic rings. The fourth-order valence-corrected chi connectivity index (χ4v) is 4.44. The lowest BCUT2D eigenvalue weighted by molar-refractivity contribution is 0.762. The molecule has 0 unspecified atom stereocenters. The maximum absolute atomic E-state index is 3.13. The Morgan fingerprint density at radius 3 is 1.84 bits per heavy atom. The molecular weight excluding hydrogens is 322 g/mol. The van der Waals surface area contributed by atoms with Gasteiger partial charge in [0.1, 0.15) is 0 Å². The summed E-state index contributed by atoms with van der Waals surface area (Å²) in [4.78, 5) is 3.98. The van der Waals surface area contributed by atoms with Crippen LogP contribution in [0.2, 0.25) is 0 Å². The van der Waals surface area contributed by atoms with Crippen molar-refractivity contribution in [3.8, 4) is 0 Å². The van der Waals surface area contributed by atoms with Crippen LogP contribution in [-0.4, -0.2) is 13.1 Å². The Hall–Kier alpha value is -2.25. The Kier molecular flexibility index (Phi) is 8.65. The van der Waals surface area contributed by atoms with Gasteiger partial charge in [0.2, 0.25) is 0 Å². The van der Waals surface area contributed by atoms with Crippen LogP contribution in [0.4, 0.5) is 0 Å². The van der Waals surface area contributed by atoms with Crippen LogP contribution in [0.25, 0.3) is 0 Å². The van der Waals surface area contributed by atoms with Crippen molar-refractivity contribution in [3.05, 3.63) is 102 Å². The highest BCUT2D eigenvalue weighted by atomic mass is 32.2. The van der Waals surface area contributed by atoms with Gasteiger partial charge < -0.3 is 5.32 Å². The molecule has 0 radical (unpaired) electrons. The van der Waals surface area contributed by atoms with Gasteiger partial charge in [-0.25, -0.2) is 0 Å². The molecule has 0 fully saturated rings. The average molecular weight is 349 g/mol. The van der Waals surface area contributed by atoms with Gasteiger partial charge in [-0.05, 0) is 61.7 Å². The third-order valence-corrected chi connectivity index (χ3v) is 5.72. The van der Waals surface area contributed by atoms with Gasteiger partial charge in [-0.1, -0.05) is 50.2 Å². The number of hydrogen-bond donors (Lipinski definition) is 1. The molecule has 0 saturated carbocycles. The Bertz CT molecular complexity index is 697. The van der Waals surface area contributed by atoms with Crippen molar-refractivity contribution in [3.63, 3.8) is 0 Å². The molecule has 1 nitrogen and oxygen atoms in total. The Morgan fingerprint density at radius 1 is 0.800 bits per heavy atom. The second-order valence-electron chi connectivity index (χ2n) is 5.32. The van der Waals surface area contributed by atoms with Crippen LogP contribution < -0.4 is 5.32 Å². The molecule has 0 atom stereocenters. The van der Waals surface area contributed by atoms with Crippen LogP contribution in [0.3, 0.4) is 0 Å². The summed E-state index contributed by atoms with van der Waals surface area (Å²) >= 11 is 0. The van der Waals surface area contributed by atoms with Crippen LogP contribution in [0.15, 0.2) is 111 Å². The van der Waals surface area contributed by atoms with Crippen molar-refractivity contribution in [2.75, 3.05) is 13.1 Å². The van der Waals surface area contributed by atoms with Crippen LogP contribution in [0.5, 0.6) is 0 Å². The maximum Gasteiger partial charge on any atom is 0.167 e. The first-order valence-electron chi connectivity index (χ1n) is 8.71. The standard InChI is InChI=1S/C19H15S.C4H11N/c1-2-6-12-17(11-5-1)20(18-13-7-3-8-14-18)19-15-9-4-10-16-19;1-3-5-4-2/h1,3-16H;5H,3-4H2,1-2H3/q+1;. The first-order valence-corrected chi connectivity index (χ1v) is 9.93. The molecule has 25 heavy (non-hydrogen) atoms. The lowest BCUT2D eigenvalue weighted by Gasteiger charge is -2.07. The van der Waals surface area contributed by atoms with Gasteiger partial charge in [0.15, 0.2) is 14.7 Å². The first kappa shape index (κ1) is 19.1. The molecule has 0 amide bonds. The number of nitrogens with one attached hydrogen (secondary N) is 1.